The van der Waals surface area contributed by atoms with Crippen LogP contribution in [0.15, 0.2) is 24.5 Å². The van der Waals surface area contributed by atoms with Gasteiger partial charge in [0.15, 0.2) is 10.0 Å². The maximum absolute atomic E-state index is 13.8. The third-order valence-electron chi connectivity index (χ3n) is 14.8. The van der Waals surface area contributed by atoms with Gasteiger partial charge in [-0.3, -0.25) is 19.2 Å². The molecule has 4 fully saturated rings. The van der Waals surface area contributed by atoms with Crippen LogP contribution < -0.4 is 21.3 Å². The Morgan fingerprint density at radius 2 is 1.20 bits per heavy atom. The summed E-state index contributed by atoms with van der Waals surface area (Å²) in [5.41, 5.74) is 2.18. The summed E-state index contributed by atoms with van der Waals surface area (Å²) in [6, 6.07) is 3.67. The lowest BCUT2D eigenvalue weighted by Crippen LogP contribution is -2.47. The fourth-order valence-electron chi connectivity index (χ4n) is 9.35. The van der Waals surface area contributed by atoms with E-state index in [9.17, 15) is 29.4 Å². The predicted molar refractivity (Wildman–Crippen MR) is 282 cm³/mol. The number of aromatic nitrogens is 4. The number of nitrogens with zero attached hydrogens (tertiary/aromatic N) is 6. The van der Waals surface area contributed by atoms with Crippen molar-refractivity contribution in [1.29, 1.82) is 0 Å². The molecule has 16 nitrogen and oxygen atoms in total. The summed E-state index contributed by atoms with van der Waals surface area (Å²) in [7, 11) is 0. The molecule has 2 bridgehead atoms. The van der Waals surface area contributed by atoms with Crippen LogP contribution in [0.1, 0.15) is 186 Å². The molecule has 0 spiro atoms. The Bertz CT molecular complexity index is 2600. The van der Waals surface area contributed by atoms with Crippen molar-refractivity contribution < 1.29 is 29.4 Å². The lowest BCUT2D eigenvalue weighted by Gasteiger charge is -2.39. The van der Waals surface area contributed by atoms with Crippen LogP contribution in [0.5, 0.6) is 0 Å². The summed E-state index contributed by atoms with van der Waals surface area (Å²) < 4.78 is 0. The number of anilines is 2. The van der Waals surface area contributed by atoms with Gasteiger partial charge in [-0.2, -0.15) is 0 Å². The molecule has 18 heteroatoms. The van der Waals surface area contributed by atoms with Crippen LogP contribution in [0, 0.1) is 19.3 Å². The fraction of sp³-hybridized carbons (Fsp3) is 0.623. The summed E-state index contributed by atoms with van der Waals surface area (Å²) in [4.78, 5) is 76.9. The predicted octanol–water partition coefficient (Wildman–Crippen LogP) is 9.01. The molecule has 3 aliphatic heterocycles. The average Bonchev–Trinajstić information content (AvgIpc) is 4.14. The summed E-state index contributed by atoms with van der Waals surface area (Å²) >= 11 is 2.41. The molecule has 1 saturated carbocycles. The molecule has 4 amide bonds. The standard InChI is InChI=1S/C27H37N5O3S.C26H39N5O3S/c1-15-13-20(31-27(5)11-6-12-27)28-14-19(15)22-21(25(34)32-17-7-8-18(32)10-9-17)30-24(36-22)23(33)29-16(2)26(3,4)35;1-15-12-19(28-14-25(4,5)6)27-13-18(15)21-20(24(33)31-11-9-10-16(31)2)30-23(35-21)22(32)29-17(3)26(7,8)34/h13-14,16-18,35H,6-12H2,1-5H3,(H,28,31)(H,29,33);12-13,16-17,34H,9-11,14H2,1-8H3,(H,27,28)(H,29,32)/t16-,17?,18?;16-,17+/m10/s1. The Kier molecular flexibility index (Phi) is 15.8. The second kappa shape index (κ2) is 20.8. The van der Waals surface area contributed by atoms with E-state index in [0.717, 1.165) is 91.8 Å². The van der Waals surface area contributed by atoms with E-state index in [-0.39, 0.29) is 62.5 Å². The van der Waals surface area contributed by atoms with Crippen LogP contribution in [0.2, 0.25) is 0 Å². The maximum Gasteiger partial charge on any atom is 0.280 e. The summed E-state index contributed by atoms with van der Waals surface area (Å²) in [5, 5.41) is 33.5. The molecule has 4 aromatic rings. The molecule has 3 saturated heterocycles. The Balaban J connectivity index is 0.000000209. The van der Waals surface area contributed by atoms with Gasteiger partial charge in [0.25, 0.3) is 23.6 Å². The molecule has 4 aliphatic rings. The first kappa shape index (κ1) is 53.8. The van der Waals surface area contributed by atoms with Crippen molar-refractivity contribution in [2.45, 2.75) is 195 Å². The van der Waals surface area contributed by atoms with Gasteiger partial charge in [0.2, 0.25) is 0 Å². The minimum atomic E-state index is -1.09. The van der Waals surface area contributed by atoms with E-state index in [1.54, 1.807) is 53.9 Å². The van der Waals surface area contributed by atoms with Crippen LogP contribution in [0.25, 0.3) is 20.9 Å². The van der Waals surface area contributed by atoms with E-state index in [0.29, 0.717) is 22.0 Å². The molecule has 71 heavy (non-hydrogen) atoms. The van der Waals surface area contributed by atoms with Crippen LogP contribution in [0.4, 0.5) is 11.6 Å². The lowest BCUT2D eigenvalue weighted by molar-refractivity contribution is 0.0408. The van der Waals surface area contributed by atoms with E-state index in [1.807, 2.05) is 42.7 Å². The van der Waals surface area contributed by atoms with Crippen molar-refractivity contribution in [2.75, 3.05) is 23.7 Å². The molecule has 0 aromatic carbocycles. The zero-order chi connectivity index (χ0) is 52.0. The SMILES string of the molecule is Cc1cc(NC2(C)CCC2)ncc1-c1sc(C(=O)N[C@H](C)C(C)(C)O)nc1C(=O)N1C2CCC1CC2.Cc1cc(NCC(C)(C)C)ncc1-c1sc(C(=O)N[C@H](C)C(C)(C)O)nc1C(=O)N1CCC[C@@H]1C. The Morgan fingerprint density at radius 1 is 0.732 bits per heavy atom. The van der Waals surface area contributed by atoms with E-state index in [1.165, 1.54) is 29.1 Å². The molecule has 7 heterocycles. The Morgan fingerprint density at radius 3 is 1.61 bits per heavy atom. The third-order valence-corrected chi connectivity index (χ3v) is 16.9. The number of carbonyl (C=O) groups excluding carboxylic acids is 4. The highest BCUT2D eigenvalue weighted by molar-refractivity contribution is 7.17. The van der Waals surface area contributed by atoms with E-state index < -0.39 is 29.2 Å². The zero-order valence-corrected chi connectivity index (χ0v) is 45.6. The number of likely N-dealkylation sites (tertiary alicyclic amines) is 1. The minimum Gasteiger partial charge on any atom is -0.388 e. The molecule has 4 aromatic heterocycles. The van der Waals surface area contributed by atoms with Gasteiger partial charge in [-0.05, 0) is 156 Å². The lowest BCUT2D eigenvalue weighted by atomic mass is 9.78. The molecule has 6 N–H and O–H groups in total. The normalized spacial score (nSPS) is 20.4. The number of aryl methyl sites for hydroxylation is 2. The smallest absolute Gasteiger partial charge is 0.280 e. The highest BCUT2D eigenvalue weighted by atomic mass is 32.1. The van der Waals surface area contributed by atoms with Crippen LogP contribution >= 0.6 is 22.7 Å². The molecule has 3 atom stereocenters. The molecule has 0 unspecified atom stereocenters. The van der Waals surface area contributed by atoms with Crippen LogP contribution in [-0.4, -0.2) is 124 Å². The van der Waals surface area contributed by atoms with Gasteiger partial charge in [-0.25, -0.2) is 19.9 Å². The molecular formula is C53H76N10O6S2. The number of thiazole rings is 2. The van der Waals surface area contributed by atoms with Crippen molar-refractivity contribution in [2.24, 2.45) is 5.41 Å². The van der Waals surface area contributed by atoms with Crippen molar-refractivity contribution in [3.05, 3.63) is 57.1 Å². The van der Waals surface area contributed by atoms with Crippen molar-refractivity contribution in [1.82, 2.24) is 40.4 Å². The van der Waals surface area contributed by atoms with Gasteiger partial charge in [0.05, 0.1) is 33.0 Å². The van der Waals surface area contributed by atoms with E-state index in [2.05, 4.69) is 68.9 Å². The fourth-order valence-corrected chi connectivity index (χ4v) is 11.4. The highest BCUT2D eigenvalue weighted by Gasteiger charge is 2.44. The van der Waals surface area contributed by atoms with Gasteiger partial charge in [0, 0.05) is 60.3 Å². The Hall–Kier alpha value is -5.04. The van der Waals surface area contributed by atoms with Crippen LogP contribution in [-0.2, 0) is 0 Å². The van der Waals surface area contributed by atoms with Gasteiger partial charge in [0.1, 0.15) is 23.0 Å². The summed E-state index contributed by atoms with van der Waals surface area (Å²) in [5.74, 6) is 0.540. The van der Waals surface area contributed by atoms with Gasteiger partial charge in [-0.1, -0.05) is 20.8 Å². The number of amides is 4. The number of hydrogen-bond acceptors (Lipinski definition) is 14. The number of rotatable bonds is 14. The number of hydrogen-bond donors (Lipinski definition) is 6. The molecular weight excluding hydrogens is 937 g/mol. The maximum atomic E-state index is 13.8. The molecule has 1 aliphatic carbocycles. The minimum absolute atomic E-state index is 0.0873. The van der Waals surface area contributed by atoms with Crippen LogP contribution in [0.3, 0.4) is 0 Å². The highest BCUT2D eigenvalue weighted by Crippen LogP contribution is 2.42. The third kappa shape index (κ3) is 12.4. The van der Waals surface area contributed by atoms with Crippen molar-refractivity contribution in [3.63, 3.8) is 0 Å². The summed E-state index contributed by atoms with van der Waals surface area (Å²) in [6.07, 6.45) is 13.1. The molecule has 8 rings (SSSR count). The molecule has 386 valence electrons. The second-order valence-electron chi connectivity index (χ2n) is 23.0. The Labute approximate surface area is 427 Å². The van der Waals surface area contributed by atoms with Gasteiger partial charge in [-0.15, -0.1) is 22.7 Å². The first-order valence-corrected chi connectivity index (χ1v) is 26.9. The molecule has 0 radical (unpaired) electrons. The van der Waals surface area contributed by atoms with Gasteiger partial charge < -0.3 is 41.3 Å². The van der Waals surface area contributed by atoms with Gasteiger partial charge >= 0.3 is 0 Å². The largest absolute Gasteiger partial charge is 0.388 e. The first-order valence-electron chi connectivity index (χ1n) is 25.3. The van der Waals surface area contributed by atoms with Crippen molar-refractivity contribution in [3.8, 4) is 20.9 Å². The zero-order valence-electron chi connectivity index (χ0n) is 44.0. The average molecular weight is 1010 g/mol. The van der Waals surface area contributed by atoms with E-state index in [4.69, 9.17) is 0 Å². The first-order chi connectivity index (χ1) is 33.1. The quantitative estimate of drug-likeness (QED) is 0.0698. The van der Waals surface area contributed by atoms with E-state index >= 15 is 0 Å². The number of aliphatic hydroxyl groups is 2. The monoisotopic (exact) mass is 1010 g/mol. The number of carbonyl (C=O) groups is 4. The number of nitrogens with one attached hydrogen (secondary N) is 4. The topological polar surface area (TPSA) is 215 Å². The van der Waals surface area contributed by atoms with Crippen molar-refractivity contribution >= 4 is 57.9 Å². The number of fused-ring (bicyclic) bond motifs is 2. The summed E-state index contributed by atoms with van der Waals surface area (Å²) in [6.45, 7) is 26.2. The number of pyridine rings is 2. The second-order valence-corrected chi connectivity index (χ2v) is 25.0.